The second-order valence-electron chi connectivity index (χ2n) is 4.64. The summed E-state index contributed by atoms with van der Waals surface area (Å²) in [4.78, 5) is 13.6. The molecule has 3 nitrogen and oxygen atoms in total. The van der Waals surface area contributed by atoms with E-state index in [0.717, 1.165) is 5.56 Å². The number of aliphatic hydroxyl groups excluding tert-OH is 1. The van der Waals surface area contributed by atoms with Gasteiger partial charge >= 0.3 is 0 Å². The number of likely N-dealkylation sites (tertiary alicyclic amines) is 1. The lowest BCUT2D eigenvalue weighted by molar-refractivity contribution is -0.130. The maximum absolute atomic E-state index is 11.9. The van der Waals surface area contributed by atoms with Gasteiger partial charge in [-0.1, -0.05) is 30.3 Å². The minimum absolute atomic E-state index is 0.0117. The van der Waals surface area contributed by atoms with E-state index in [9.17, 15) is 9.90 Å². The third-order valence-corrected chi connectivity index (χ3v) is 3.36. The first kappa shape index (κ1) is 12.7. The van der Waals surface area contributed by atoms with Crippen LogP contribution in [0.3, 0.4) is 0 Å². The molecule has 2 rings (SSSR count). The van der Waals surface area contributed by atoms with E-state index in [0.29, 0.717) is 19.4 Å². The van der Waals surface area contributed by atoms with Gasteiger partial charge in [0.2, 0.25) is 5.91 Å². The fourth-order valence-corrected chi connectivity index (χ4v) is 2.36. The number of terminal acetylenes is 1. The van der Waals surface area contributed by atoms with Crippen LogP contribution in [0.2, 0.25) is 0 Å². The molecule has 1 aliphatic heterocycles. The van der Waals surface area contributed by atoms with Crippen molar-refractivity contribution in [1.29, 1.82) is 0 Å². The SMILES string of the molecule is C#CC1CC(=O)N(C(CO)Cc2ccccc2)C1. The monoisotopic (exact) mass is 243 g/mol. The zero-order valence-corrected chi connectivity index (χ0v) is 10.2. The Hall–Kier alpha value is -1.79. The Bertz CT molecular complexity index is 449. The van der Waals surface area contributed by atoms with Crippen LogP contribution in [0.4, 0.5) is 0 Å². The zero-order valence-electron chi connectivity index (χ0n) is 10.2. The van der Waals surface area contributed by atoms with Gasteiger partial charge in [-0.15, -0.1) is 12.3 Å². The fourth-order valence-electron chi connectivity index (χ4n) is 2.36. The molecule has 1 heterocycles. The van der Waals surface area contributed by atoms with Crippen molar-refractivity contribution in [2.45, 2.75) is 18.9 Å². The van der Waals surface area contributed by atoms with Gasteiger partial charge in [0, 0.05) is 18.9 Å². The smallest absolute Gasteiger partial charge is 0.224 e. The fraction of sp³-hybridized carbons (Fsp3) is 0.400. The van der Waals surface area contributed by atoms with Crippen LogP contribution in [0, 0.1) is 18.3 Å². The summed E-state index contributed by atoms with van der Waals surface area (Å²) in [5.41, 5.74) is 1.12. The van der Waals surface area contributed by atoms with Gasteiger partial charge in [-0.25, -0.2) is 0 Å². The molecule has 2 atom stereocenters. The number of amides is 1. The first-order valence-corrected chi connectivity index (χ1v) is 6.15. The number of hydrogen-bond acceptors (Lipinski definition) is 2. The first-order chi connectivity index (χ1) is 8.74. The molecule has 1 aromatic rings. The van der Waals surface area contributed by atoms with Gasteiger partial charge in [0.15, 0.2) is 0 Å². The Kier molecular flexibility index (Phi) is 4.01. The van der Waals surface area contributed by atoms with E-state index >= 15 is 0 Å². The number of aliphatic hydroxyl groups is 1. The highest BCUT2D eigenvalue weighted by Gasteiger charge is 2.33. The van der Waals surface area contributed by atoms with Gasteiger partial charge in [0.05, 0.1) is 12.6 Å². The molecule has 0 saturated carbocycles. The van der Waals surface area contributed by atoms with Crippen LogP contribution < -0.4 is 0 Å². The van der Waals surface area contributed by atoms with Crippen molar-refractivity contribution in [3.05, 3.63) is 35.9 Å². The average molecular weight is 243 g/mol. The Balaban J connectivity index is 2.06. The minimum Gasteiger partial charge on any atom is -0.394 e. The van der Waals surface area contributed by atoms with Crippen molar-refractivity contribution >= 4 is 5.91 Å². The van der Waals surface area contributed by atoms with Crippen LogP contribution in [0.5, 0.6) is 0 Å². The van der Waals surface area contributed by atoms with Crippen molar-refractivity contribution in [3.63, 3.8) is 0 Å². The number of benzene rings is 1. The minimum atomic E-state index is -0.168. The Morgan fingerprint density at radius 3 is 2.72 bits per heavy atom. The Morgan fingerprint density at radius 1 is 1.44 bits per heavy atom. The molecule has 1 aromatic carbocycles. The van der Waals surface area contributed by atoms with Crippen molar-refractivity contribution in [3.8, 4) is 12.3 Å². The highest BCUT2D eigenvalue weighted by molar-refractivity contribution is 5.79. The van der Waals surface area contributed by atoms with E-state index in [-0.39, 0.29) is 24.5 Å². The summed E-state index contributed by atoms with van der Waals surface area (Å²) < 4.78 is 0. The van der Waals surface area contributed by atoms with Crippen molar-refractivity contribution in [2.24, 2.45) is 5.92 Å². The van der Waals surface area contributed by atoms with Gasteiger partial charge in [-0.3, -0.25) is 4.79 Å². The summed E-state index contributed by atoms with van der Waals surface area (Å²) in [6.45, 7) is 0.533. The highest BCUT2D eigenvalue weighted by Crippen LogP contribution is 2.21. The Morgan fingerprint density at radius 2 is 2.17 bits per heavy atom. The van der Waals surface area contributed by atoms with E-state index in [1.54, 1.807) is 4.90 Å². The third kappa shape index (κ3) is 2.72. The van der Waals surface area contributed by atoms with Crippen LogP contribution >= 0.6 is 0 Å². The highest BCUT2D eigenvalue weighted by atomic mass is 16.3. The lowest BCUT2D eigenvalue weighted by Gasteiger charge is -2.26. The van der Waals surface area contributed by atoms with Gasteiger partial charge in [-0.2, -0.15) is 0 Å². The molecule has 0 bridgehead atoms. The number of rotatable bonds is 4. The van der Waals surface area contributed by atoms with Crippen LogP contribution in [0.1, 0.15) is 12.0 Å². The van der Waals surface area contributed by atoms with E-state index in [4.69, 9.17) is 6.42 Å². The summed E-state index contributed by atoms with van der Waals surface area (Å²) in [7, 11) is 0. The topological polar surface area (TPSA) is 40.5 Å². The summed E-state index contributed by atoms with van der Waals surface area (Å²) >= 11 is 0. The van der Waals surface area contributed by atoms with Crippen LogP contribution in [-0.2, 0) is 11.2 Å². The van der Waals surface area contributed by atoms with E-state index in [1.165, 1.54) is 0 Å². The van der Waals surface area contributed by atoms with Crippen LogP contribution in [0.25, 0.3) is 0 Å². The number of carbonyl (C=O) groups is 1. The lowest BCUT2D eigenvalue weighted by Crippen LogP contribution is -2.40. The largest absolute Gasteiger partial charge is 0.394 e. The van der Waals surface area contributed by atoms with Crippen molar-refractivity contribution in [2.75, 3.05) is 13.2 Å². The maximum Gasteiger partial charge on any atom is 0.224 e. The lowest BCUT2D eigenvalue weighted by atomic mass is 10.1. The molecule has 3 heteroatoms. The molecule has 1 saturated heterocycles. The normalized spacial score (nSPS) is 20.8. The average Bonchev–Trinajstić information content (AvgIpc) is 2.78. The predicted molar refractivity (Wildman–Crippen MR) is 69.7 cm³/mol. The van der Waals surface area contributed by atoms with Gasteiger partial charge in [0.25, 0.3) is 0 Å². The number of carbonyl (C=O) groups excluding carboxylic acids is 1. The molecule has 0 radical (unpaired) electrons. The Labute approximate surface area is 107 Å². The van der Waals surface area contributed by atoms with Crippen molar-refractivity contribution < 1.29 is 9.90 Å². The van der Waals surface area contributed by atoms with E-state index < -0.39 is 0 Å². The molecular formula is C15H17NO2. The molecule has 1 amide bonds. The second kappa shape index (κ2) is 5.70. The van der Waals surface area contributed by atoms with Crippen molar-refractivity contribution in [1.82, 2.24) is 4.90 Å². The van der Waals surface area contributed by atoms with E-state index in [2.05, 4.69) is 5.92 Å². The summed E-state index contributed by atoms with van der Waals surface area (Å²) in [6, 6.07) is 9.70. The quantitative estimate of drug-likeness (QED) is 0.804. The molecule has 0 aromatic heterocycles. The van der Waals surface area contributed by atoms with E-state index in [1.807, 2.05) is 30.3 Å². The van der Waals surface area contributed by atoms with Gasteiger partial charge in [0.1, 0.15) is 0 Å². The molecule has 1 aliphatic rings. The molecule has 1 N–H and O–H groups in total. The standard InChI is InChI=1S/C15H17NO2/c1-2-12-9-15(18)16(10-12)14(11-17)8-13-6-4-3-5-7-13/h1,3-7,12,14,17H,8-11H2. The molecular weight excluding hydrogens is 226 g/mol. The van der Waals surface area contributed by atoms with Crippen LogP contribution in [-0.4, -0.2) is 35.1 Å². The van der Waals surface area contributed by atoms with Gasteiger partial charge in [-0.05, 0) is 12.0 Å². The molecule has 18 heavy (non-hydrogen) atoms. The van der Waals surface area contributed by atoms with Crippen LogP contribution in [0.15, 0.2) is 30.3 Å². The first-order valence-electron chi connectivity index (χ1n) is 6.15. The molecule has 0 spiro atoms. The third-order valence-electron chi connectivity index (χ3n) is 3.36. The zero-order chi connectivity index (χ0) is 13.0. The summed E-state index contributed by atoms with van der Waals surface area (Å²) in [5.74, 6) is 2.66. The summed E-state index contributed by atoms with van der Waals surface area (Å²) in [5, 5.41) is 9.48. The molecule has 0 aliphatic carbocycles. The number of nitrogens with zero attached hydrogens (tertiary/aromatic N) is 1. The predicted octanol–water partition coefficient (Wildman–Crippen LogP) is 1.07. The number of hydrogen-bond donors (Lipinski definition) is 1. The van der Waals surface area contributed by atoms with Gasteiger partial charge < -0.3 is 10.0 Å². The second-order valence-corrected chi connectivity index (χ2v) is 4.64. The summed E-state index contributed by atoms with van der Waals surface area (Å²) in [6.07, 6.45) is 6.43. The molecule has 1 fully saturated rings. The molecule has 94 valence electrons. The maximum atomic E-state index is 11.9. The molecule has 2 unspecified atom stereocenters.